The van der Waals surface area contributed by atoms with Crippen LogP contribution in [0.1, 0.15) is 5.56 Å². The third kappa shape index (κ3) is 3.61. The van der Waals surface area contributed by atoms with E-state index < -0.39 is 23.7 Å². The Bertz CT molecular complexity index is 1250. The van der Waals surface area contributed by atoms with Gasteiger partial charge in [0.2, 0.25) is 5.91 Å². The van der Waals surface area contributed by atoms with Crippen molar-refractivity contribution in [1.29, 1.82) is 0 Å². The molecule has 0 radical (unpaired) electrons. The van der Waals surface area contributed by atoms with Crippen molar-refractivity contribution < 1.29 is 4.79 Å². The van der Waals surface area contributed by atoms with E-state index in [9.17, 15) is 14.4 Å². The molecule has 1 amide bonds. The number of hydrogen-bond donors (Lipinski definition) is 2. The number of fused-ring (bicyclic) bond motifs is 1. The van der Waals surface area contributed by atoms with Gasteiger partial charge in [0, 0.05) is 12.3 Å². The average Bonchev–Trinajstić information content (AvgIpc) is 3.12. The van der Waals surface area contributed by atoms with Gasteiger partial charge in [-0.25, -0.2) is 4.79 Å². The van der Waals surface area contributed by atoms with Gasteiger partial charge in [0.1, 0.15) is 6.54 Å². The molecule has 0 fully saturated rings. The predicted molar refractivity (Wildman–Crippen MR) is 105 cm³/mol. The van der Waals surface area contributed by atoms with Gasteiger partial charge in [0.15, 0.2) is 5.82 Å². The van der Waals surface area contributed by atoms with Gasteiger partial charge in [-0.1, -0.05) is 42.5 Å². The topological polar surface area (TPSA) is 102 Å². The summed E-state index contributed by atoms with van der Waals surface area (Å²) < 4.78 is 2.57. The number of H-pyrrole nitrogens is 1. The number of carbonyl (C=O) groups excluding carboxylic acids is 1. The van der Waals surface area contributed by atoms with Gasteiger partial charge in [-0.3, -0.25) is 18.8 Å². The second-order valence-corrected chi connectivity index (χ2v) is 6.30. The molecule has 140 valence electrons. The van der Waals surface area contributed by atoms with E-state index in [1.54, 1.807) is 41.2 Å². The van der Waals surface area contributed by atoms with E-state index in [1.165, 1.54) is 0 Å². The SMILES string of the molecule is O=C(Cn1c(=O)[nH]c2ccccc2c1=O)Nc1ccn(Cc2ccccc2)n1. The largest absolute Gasteiger partial charge is 0.329 e. The molecular weight excluding hydrogens is 358 g/mol. The highest BCUT2D eigenvalue weighted by Crippen LogP contribution is 2.07. The minimum Gasteiger partial charge on any atom is -0.308 e. The minimum absolute atomic E-state index is 0.349. The van der Waals surface area contributed by atoms with E-state index in [0.717, 1.165) is 10.1 Å². The van der Waals surface area contributed by atoms with Crippen molar-refractivity contribution in [1.82, 2.24) is 19.3 Å². The molecule has 4 rings (SSSR count). The molecule has 28 heavy (non-hydrogen) atoms. The number of para-hydroxylation sites is 1. The maximum Gasteiger partial charge on any atom is 0.329 e. The molecule has 0 saturated heterocycles. The molecule has 8 heteroatoms. The Morgan fingerprint density at radius 1 is 1.00 bits per heavy atom. The lowest BCUT2D eigenvalue weighted by Crippen LogP contribution is -2.38. The normalized spacial score (nSPS) is 10.9. The average molecular weight is 375 g/mol. The molecule has 2 N–H and O–H groups in total. The molecule has 0 aliphatic carbocycles. The summed E-state index contributed by atoms with van der Waals surface area (Å²) in [6, 6.07) is 18.1. The highest BCUT2D eigenvalue weighted by Gasteiger charge is 2.12. The number of benzene rings is 2. The van der Waals surface area contributed by atoms with Crippen LogP contribution in [0.3, 0.4) is 0 Å². The van der Waals surface area contributed by atoms with Crippen molar-refractivity contribution in [3.63, 3.8) is 0 Å². The maximum atomic E-state index is 12.5. The van der Waals surface area contributed by atoms with Crippen molar-refractivity contribution in [2.24, 2.45) is 0 Å². The quantitative estimate of drug-likeness (QED) is 0.553. The zero-order chi connectivity index (χ0) is 19.5. The van der Waals surface area contributed by atoms with Crippen LogP contribution in [0.4, 0.5) is 5.82 Å². The van der Waals surface area contributed by atoms with Crippen molar-refractivity contribution in [2.45, 2.75) is 13.1 Å². The number of nitrogens with zero attached hydrogens (tertiary/aromatic N) is 3. The molecule has 4 aromatic rings. The molecule has 0 aliphatic rings. The zero-order valence-corrected chi connectivity index (χ0v) is 14.8. The summed E-state index contributed by atoms with van der Waals surface area (Å²) in [7, 11) is 0. The third-order valence-electron chi connectivity index (χ3n) is 4.29. The monoisotopic (exact) mass is 375 g/mol. The number of carbonyl (C=O) groups is 1. The summed E-state index contributed by atoms with van der Waals surface area (Å²) in [5.74, 6) is -0.154. The Morgan fingerprint density at radius 2 is 1.75 bits per heavy atom. The Balaban J connectivity index is 1.49. The van der Waals surface area contributed by atoms with E-state index in [4.69, 9.17) is 0 Å². The van der Waals surface area contributed by atoms with E-state index in [-0.39, 0.29) is 0 Å². The van der Waals surface area contributed by atoms with E-state index in [1.807, 2.05) is 30.3 Å². The summed E-state index contributed by atoms with van der Waals surface area (Å²) in [4.78, 5) is 39.6. The predicted octanol–water partition coefficient (Wildman–Crippen LogP) is 1.57. The number of aromatic nitrogens is 4. The van der Waals surface area contributed by atoms with Crippen LogP contribution >= 0.6 is 0 Å². The first-order valence-electron chi connectivity index (χ1n) is 8.69. The number of aromatic amines is 1. The van der Waals surface area contributed by atoms with Gasteiger partial charge in [-0.15, -0.1) is 0 Å². The first-order chi connectivity index (χ1) is 13.6. The van der Waals surface area contributed by atoms with Crippen LogP contribution in [0, 0.1) is 0 Å². The lowest BCUT2D eigenvalue weighted by molar-refractivity contribution is -0.116. The summed E-state index contributed by atoms with van der Waals surface area (Å²) in [6.07, 6.45) is 1.75. The Labute approximate surface area is 159 Å². The summed E-state index contributed by atoms with van der Waals surface area (Å²) >= 11 is 0. The molecular formula is C20H17N5O3. The number of rotatable bonds is 5. The van der Waals surface area contributed by atoms with Gasteiger partial charge < -0.3 is 10.3 Å². The second kappa shape index (κ2) is 7.36. The summed E-state index contributed by atoms with van der Waals surface area (Å²) in [6.45, 7) is 0.172. The smallest absolute Gasteiger partial charge is 0.308 e. The van der Waals surface area contributed by atoms with Gasteiger partial charge >= 0.3 is 5.69 Å². The molecule has 2 heterocycles. The Hall–Kier alpha value is -3.94. The van der Waals surface area contributed by atoms with Crippen LogP contribution in [-0.4, -0.2) is 25.2 Å². The van der Waals surface area contributed by atoms with E-state index in [0.29, 0.717) is 23.3 Å². The summed E-state index contributed by atoms with van der Waals surface area (Å²) in [5.41, 5.74) is 0.379. The molecule has 0 atom stereocenters. The Kier molecular flexibility index (Phi) is 4.59. The van der Waals surface area contributed by atoms with Crippen LogP contribution in [0.15, 0.2) is 76.4 Å². The molecule has 0 aliphatic heterocycles. The standard InChI is InChI=1S/C20H17N5O3/c26-18(13-25-19(27)15-8-4-5-9-16(15)21-20(25)28)22-17-10-11-24(23-17)12-14-6-2-1-3-7-14/h1-11H,12-13H2,(H,21,28)(H,22,23,26). The van der Waals surface area contributed by atoms with Crippen LogP contribution < -0.4 is 16.6 Å². The third-order valence-corrected chi connectivity index (χ3v) is 4.29. The molecule has 2 aromatic heterocycles. The fourth-order valence-corrected chi connectivity index (χ4v) is 2.96. The highest BCUT2D eigenvalue weighted by molar-refractivity contribution is 5.89. The molecule has 0 bridgehead atoms. The molecule has 0 unspecified atom stereocenters. The second-order valence-electron chi connectivity index (χ2n) is 6.30. The van der Waals surface area contributed by atoms with Crippen LogP contribution in [-0.2, 0) is 17.9 Å². The van der Waals surface area contributed by atoms with Gasteiger partial charge in [-0.2, -0.15) is 5.10 Å². The fourth-order valence-electron chi connectivity index (χ4n) is 2.96. The van der Waals surface area contributed by atoms with Crippen LogP contribution in [0.5, 0.6) is 0 Å². The van der Waals surface area contributed by atoms with Crippen LogP contribution in [0.2, 0.25) is 0 Å². The Morgan fingerprint density at radius 3 is 2.57 bits per heavy atom. The first-order valence-corrected chi connectivity index (χ1v) is 8.69. The number of nitrogens with one attached hydrogen (secondary N) is 2. The molecule has 0 spiro atoms. The van der Waals surface area contributed by atoms with Crippen molar-refractivity contribution in [2.75, 3.05) is 5.32 Å². The number of hydrogen-bond acceptors (Lipinski definition) is 4. The molecule has 2 aromatic carbocycles. The van der Waals surface area contributed by atoms with Gasteiger partial charge in [0.05, 0.1) is 17.4 Å². The minimum atomic E-state index is -0.631. The van der Waals surface area contributed by atoms with Gasteiger partial charge in [-0.05, 0) is 17.7 Å². The van der Waals surface area contributed by atoms with E-state index >= 15 is 0 Å². The molecule has 0 saturated carbocycles. The van der Waals surface area contributed by atoms with Gasteiger partial charge in [0.25, 0.3) is 5.56 Å². The zero-order valence-electron chi connectivity index (χ0n) is 14.8. The number of amides is 1. The highest BCUT2D eigenvalue weighted by atomic mass is 16.2. The lowest BCUT2D eigenvalue weighted by Gasteiger charge is -2.06. The molecule has 8 nitrogen and oxygen atoms in total. The van der Waals surface area contributed by atoms with Crippen molar-refractivity contribution in [3.05, 3.63) is 93.3 Å². The lowest BCUT2D eigenvalue weighted by atomic mass is 10.2. The summed E-state index contributed by atoms with van der Waals surface area (Å²) in [5, 5.41) is 7.26. The fraction of sp³-hybridized carbons (Fsp3) is 0.100. The van der Waals surface area contributed by atoms with Crippen molar-refractivity contribution in [3.8, 4) is 0 Å². The van der Waals surface area contributed by atoms with Crippen molar-refractivity contribution >= 4 is 22.6 Å². The van der Waals surface area contributed by atoms with E-state index in [2.05, 4.69) is 15.4 Å². The van der Waals surface area contributed by atoms with Crippen LogP contribution in [0.25, 0.3) is 10.9 Å². The first kappa shape index (κ1) is 17.5. The maximum absolute atomic E-state index is 12.5. The number of anilines is 1.